The fourth-order valence-corrected chi connectivity index (χ4v) is 2.22. The van der Waals surface area contributed by atoms with Crippen LogP contribution in [0.25, 0.3) is 0 Å². The van der Waals surface area contributed by atoms with Gasteiger partial charge in [-0.1, -0.05) is 32.0 Å². The van der Waals surface area contributed by atoms with Gasteiger partial charge in [0, 0.05) is 39.4 Å². The summed E-state index contributed by atoms with van der Waals surface area (Å²) in [6.45, 7) is 8.60. The molecule has 0 amide bonds. The van der Waals surface area contributed by atoms with E-state index < -0.39 is 0 Å². The third-order valence-corrected chi connectivity index (χ3v) is 3.78. The van der Waals surface area contributed by atoms with Gasteiger partial charge in [-0.3, -0.25) is 4.99 Å². The van der Waals surface area contributed by atoms with Crippen LogP contribution in [-0.4, -0.2) is 53.1 Å². The number of rotatable bonds is 13. The number of aliphatic imine (C=N–C) groups is 1. The van der Waals surface area contributed by atoms with E-state index in [1.54, 1.807) is 14.2 Å². The number of hydrogen-bond acceptors (Lipinski definition) is 4. The second-order valence-electron chi connectivity index (χ2n) is 6.45. The minimum Gasteiger partial charge on any atom is -0.493 e. The number of guanidine groups is 1. The van der Waals surface area contributed by atoms with Crippen LogP contribution >= 0.6 is 24.0 Å². The molecular formula is C20H36IN3O3. The van der Waals surface area contributed by atoms with Gasteiger partial charge in [0.05, 0.1) is 19.8 Å². The quantitative estimate of drug-likeness (QED) is 0.191. The Hall–Kier alpha value is -1.06. The Bertz CT molecular complexity index is 513. The summed E-state index contributed by atoms with van der Waals surface area (Å²) < 4.78 is 16.3. The molecule has 0 atom stereocenters. The van der Waals surface area contributed by atoms with E-state index in [0.29, 0.717) is 32.3 Å². The Morgan fingerprint density at radius 3 is 2.56 bits per heavy atom. The Kier molecular flexibility index (Phi) is 16.4. The van der Waals surface area contributed by atoms with Gasteiger partial charge in [-0.05, 0) is 24.8 Å². The molecule has 0 aliphatic carbocycles. The van der Waals surface area contributed by atoms with Crippen molar-refractivity contribution in [1.29, 1.82) is 0 Å². The van der Waals surface area contributed by atoms with E-state index in [9.17, 15) is 0 Å². The summed E-state index contributed by atoms with van der Waals surface area (Å²) in [5, 5.41) is 6.63. The maximum Gasteiger partial charge on any atom is 0.191 e. The van der Waals surface area contributed by atoms with Gasteiger partial charge in [0.25, 0.3) is 0 Å². The molecule has 0 spiro atoms. The van der Waals surface area contributed by atoms with Crippen molar-refractivity contribution in [3.05, 3.63) is 29.8 Å². The smallest absolute Gasteiger partial charge is 0.191 e. The lowest BCUT2D eigenvalue weighted by Gasteiger charge is -2.15. The zero-order chi connectivity index (χ0) is 19.0. The van der Waals surface area contributed by atoms with Gasteiger partial charge in [0.1, 0.15) is 5.75 Å². The van der Waals surface area contributed by atoms with Crippen molar-refractivity contribution in [3.63, 3.8) is 0 Å². The second-order valence-corrected chi connectivity index (χ2v) is 6.45. The summed E-state index contributed by atoms with van der Waals surface area (Å²) in [7, 11) is 3.45. The van der Waals surface area contributed by atoms with E-state index >= 15 is 0 Å². The van der Waals surface area contributed by atoms with Gasteiger partial charge in [-0.2, -0.15) is 0 Å². The summed E-state index contributed by atoms with van der Waals surface area (Å²) >= 11 is 0. The van der Waals surface area contributed by atoms with Crippen LogP contribution in [0.5, 0.6) is 5.75 Å². The SMILES string of the molecule is CN=C(NCCCOCCOC)NCc1ccccc1OCCC(C)C.I. The molecule has 0 bridgehead atoms. The molecule has 0 saturated carbocycles. The predicted molar refractivity (Wildman–Crippen MR) is 122 cm³/mol. The predicted octanol–water partition coefficient (Wildman–Crippen LogP) is 3.45. The van der Waals surface area contributed by atoms with E-state index in [2.05, 4.69) is 35.5 Å². The molecule has 6 nitrogen and oxygen atoms in total. The van der Waals surface area contributed by atoms with Gasteiger partial charge >= 0.3 is 0 Å². The number of hydrogen-bond donors (Lipinski definition) is 2. The first-order valence-electron chi connectivity index (χ1n) is 9.39. The number of nitrogens with one attached hydrogen (secondary N) is 2. The molecule has 0 heterocycles. The summed E-state index contributed by atoms with van der Waals surface area (Å²) in [6, 6.07) is 8.13. The van der Waals surface area contributed by atoms with Crippen molar-refractivity contribution < 1.29 is 14.2 Å². The lowest BCUT2D eigenvalue weighted by molar-refractivity contribution is 0.0698. The van der Waals surface area contributed by atoms with Crippen molar-refractivity contribution in [1.82, 2.24) is 10.6 Å². The van der Waals surface area contributed by atoms with Crippen LogP contribution in [0.4, 0.5) is 0 Å². The average molecular weight is 493 g/mol. The molecule has 1 aromatic rings. The van der Waals surface area contributed by atoms with Gasteiger partial charge in [-0.25, -0.2) is 0 Å². The first kappa shape index (κ1) is 25.9. The normalized spacial score (nSPS) is 11.2. The van der Waals surface area contributed by atoms with E-state index in [1.807, 2.05) is 18.2 Å². The largest absolute Gasteiger partial charge is 0.493 e. The van der Waals surface area contributed by atoms with Gasteiger partial charge < -0.3 is 24.8 Å². The standard InChI is InChI=1S/C20H35N3O3.HI/c1-17(2)10-13-26-19-9-6-5-8-18(19)16-23-20(21-3)22-11-7-12-25-15-14-24-4;/h5-6,8-9,17H,7,10-16H2,1-4H3,(H2,21,22,23);1H. The number of ether oxygens (including phenoxy) is 3. The molecule has 1 rings (SSSR count). The minimum atomic E-state index is 0. The average Bonchev–Trinajstić information content (AvgIpc) is 2.64. The molecule has 1 aromatic carbocycles. The molecule has 0 unspecified atom stereocenters. The van der Waals surface area contributed by atoms with Crippen LogP contribution in [0.1, 0.15) is 32.3 Å². The molecule has 0 aliphatic rings. The van der Waals surface area contributed by atoms with Crippen LogP contribution in [0.2, 0.25) is 0 Å². The van der Waals surface area contributed by atoms with Gasteiger partial charge in [0.2, 0.25) is 0 Å². The number of benzene rings is 1. The van der Waals surface area contributed by atoms with E-state index in [4.69, 9.17) is 14.2 Å². The minimum absolute atomic E-state index is 0. The Morgan fingerprint density at radius 1 is 1.07 bits per heavy atom. The lowest BCUT2D eigenvalue weighted by atomic mass is 10.1. The zero-order valence-electron chi connectivity index (χ0n) is 17.1. The molecule has 0 aliphatic heterocycles. The summed E-state index contributed by atoms with van der Waals surface area (Å²) in [6.07, 6.45) is 1.97. The van der Waals surface area contributed by atoms with Crippen molar-refractivity contribution in [2.45, 2.75) is 33.2 Å². The Morgan fingerprint density at radius 2 is 1.85 bits per heavy atom. The highest BCUT2D eigenvalue weighted by atomic mass is 127. The Labute approximate surface area is 181 Å². The van der Waals surface area contributed by atoms with Crippen LogP contribution in [0.15, 0.2) is 29.3 Å². The highest BCUT2D eigenvalue weighted by Crippen LogP contribution is 2.18. The second kappa shape index (κ2) is 17.1. The Balaban J connectivity index is 0.00000676. The molecule has 27 heavy (non-hydrogen) atoms. The van der Waals surface area contributed by atoms with Crippen LogP contribution in [-0.2, 0) is 16.0 Å². The van der Waals surface area contributed by atoms with Crippen molar-refractivity contribution >= 4 is 29.9 Å². The van der Waals surface area contributed by atoms with Gasteiger partial charge in [-0.15, -0.1) is 24.0 Å². The molecule has 0 fully saturated rings. The van der Waals surface area contributed by atoms with Crippen molar-refractivity contribution in [2.24, 2.45) is 10.9 Å². The van der Waals surface area contributed by atoms with E-state index in [1.165, 1.54) is 0 Å². The van der Waals surface area contributed by atoms with E-state index in [0.717, 1.165) is 43.3 Å². The number of halogens is 1. The number of methoxy groups -OCH3 is 1. The molecule has 7 heteroatoms. The van der Waals surface area contributed by atoms with E-state index in [-0.39, 0.29) is 24.0 Å². The van der Waals surface area contributed by atoms with Crippen molar-refractivity contribution in [3.8, 4) is 5.75 Å². The molecule has 0 radical (unpaired) electrons. The molecule has 0 aromatic heterocycles. The molecule has 156 valence electrons. The highest BCUT2D eigenvalue weighted by molar-refractivity contribution is 14.0. The fourth-order valence-electron chi connectivity index (χ4n) is 2.22. The van der Waals surface area contributed by atoms with Crippen LogP contribution in [0, 0.1) is 5.92 Å². The molecule has 2 N–H and O–H groups in total. The summed E-state index contributed by atoms with van der Waals surface area (Å²) in [5.74, 6) is 2.35. The van der Waals surface area contributed by atoms with Crippen molar-refractivity contribution in [2.75, 3.05) is 47.1 Å². The third kappa shape index (κ3) is 12.9. The molecular weight excluding hydrogens is 457 g/mol. The summed E-state index contributed by atoms with van der Waals surface area (Å²) in [5.41, 5.74) is 1.13. The fraction of sp³-hybridized carbons (Fsp3) is 0.650. The maximum absolute atomic E-state index is 5.93. The third-order valence-electron chi connectivity index (χ3n) is 3.78. The first-order valence-corrected chi connectivity index (χ1v) is 9.39. The summed E-state index contributed by atoms with van der Waals surface area (Å²) in [4.78, 5) is 4.26. The van der Waals surface area contributed by atoms with Gasteiger partial charge in [0.15, 0.2) is 5.96 Å². The maximum atomic E-state index is 5.93. The topological polar surface area (TPSA) is 64.1 Å². The lowest BCUT2D eigenvalue weighted by Crippen LogP contribution is -2.37. The number of nitrogens with zero attached hydrogens (tertiary/aromatic N) is 1. The molecule has 0 saturated heterocycles. The highest BCUT2D eigenvalue weighted by Gasteiger charge is 2.05. The monoisotopic (exact) mass is 493 g/mol. The number of para-hydroxylation sites is 1. The van der Waals surface area contributed by atoms with Crippen LogP contribution < -0.4 is 15.4 Å². The first-order chi connectivity index (χ1) is 12.7. The zero-order valence-corrected chi connectivity index (χ0v) is 19.5. The van der Waals surface area contributed by atoms with Crippen LogP contribution in [0.3, 0.4) is 0 Å².